The number of rotatable bonds is 10. The normalized spacial score (nSPS) is 8.84. The second-order valence-corrected chi connectivity index (χ2v) is 7.39. The summed E-state index contributed by atoms with van der Waals surface area (Å²) in [6.45, 7) is 4.80. The molecule has 0 atom stereocenters. The number of aliphatic hydroxyl groups is 2. The first-order chi connectivity index (χ1) is 18.6. The summed E-state index contributed by atoms with van der Waals surface area (Å²) in [6, 6.07) is 18.4. The van der Waals surface area contributed by atoms with Gasteiger partial charge in [-0.25, -0.2) is 9.59 Å². The Hall–Kier alpha value is -3.98. The van der Waals surface area contributed by atoms with Crippen molar-refractivity contribution in [3.05, 3.63) is 60.7 Å². The summed E-state index contributed by atoms with van der Waals surface area (Å²) in [6.07, 6.45) is 4.31. The second-order valence-electron chi connectivity index (χ2n) is 7.39. The van der Waals surface area contributed by atoms with E-state index in [1.165, 1.54) is 0 Å². The fraction of sp³-hybridized carbons (Fsp3) is 0.400. The average Bonchev–Trinajstić information content (AvgIpc) is 2.92. The number of para-hydroxylation sites is 2. The summed E-state index contributed by atoms with van der Waals surface area (Å²) in [4.78, 5) is 21.8. The summed E-state index contributed by atoms with van der Waals surface area (Å²) in [5.74, 6) is 11.4. The minimum atomic E-state index is -0.413. The molecule has 4 N–H and O–H groups in total. The van der Waals surface area contributed by atoms with Gasteiger partial charge in [-0.3, -0.25) is 10.6 Å². The first kappa shape index (κ1) is 34.0. The van der Waals surface area contributed by atoms with Gasteiger partial charge in [0.1, 0.15) is 0 Å². The van der Waals surface area contributed by atoms with Crippen LogP contribution in [-0.4, -0.2) is 48.8 Å². The molecule has 0 radical (unpaired) electrons. The zero-order valence-electron chi connectivity index (χ0n) is 22.4. The predicted molar refractivity (Wildman–Crippen MR) is 152 cm³/mol. The maximum absolute atomic E-state index is 10.9. The fourth-order valence-electron chi connectivity index (χ4n) is 2.48. The van der Waals surface area contributed by atoms with Crippen LogP contribution < -0.4 is 10.6 Å². The minimum absolute atomic E-state index is 0.245. The third kappa shape index (κ3) is 22.5. The van der Waals surface area contributed by atoms with Gasteiger partial charge in [-0.1, -0.05) is 48.2 Å². The largest absolute Gasteiger partial charge is 0.450 e. The van der Waals surface area contributed by atoms with Gasteiger partial charge in [-0.15, -0.1) is 0 Å². The molecule has 8 nitrogen and oxygen atoms in total. The lowest BCUT2D eigenvalue weighted by atomic mass is 10.2. The highest BCUT2D eigenvalue weighted by molar-refractivity contribution is 5.84. The van der Waals surface area contributed by atoms with E-state index in [0.717, 1.165) is 49.9 Å². The molecule has 8 heteroatoms. The van der Waals surface area contributed by atoms with Crippen LogP contribution in [0.1, 0.15) is 52.4 Å². The Labute approximate surface area is 226 Å². The number of hydrogen-bond donors (Lipinski definition) is 4. The average molecular weight is 525 g/mol. The Balaban J connectivity index is 0.000000542. The number of nitrogens with one attached hydrogen (secondary N) is 2. The van der Waals surface area contributed by atoms with Crippen LogP contribution in [0.15, 0.2) is 60.7 Å². The zero-order chi connectivity index (χ0) is 28.1. The molecule has 0 saturated heterocycles. The molecular weight excluding hydrogens is 484 g/mol. The van der Waals surface area contributed by atoms with Crippen LogP contribution in [0.5, 0.6) is 0 Å². The van der Waals surface area contributed by atoms with Gasteiger partial charge in [0, 0.05) is 37.4 Å². The molecule has 38 heavy (non-hydrogen) atoms. The van der Waals surface area contributed by atoms with Gasteiger partial charge < -0.3 is 19.7 Å². The Morgan fingerprint density at radius 3 is 1.34 bits per heavy atom. The lowest BCUT2D eigenvalue weighted by molar-refractivity contribution is 0.167. The van der Waals surface area contributed by atoms with Crippen LogP contribution in [0.2, 0.25) is 0 Å². The first-order valence-electron chi connectivity index (χ1n) is 12.7. The van der Waals surface area contributed by atoms with Gasteiger partial charge in [-0.2, -0.15) is 0 Å². The van der Waals surface area contributed by atoms with Gasteiger partial charge >= 0.3 is 12.2 Å². The highest BCUT2D eigenvalue weighted by Gasteiger charge is 1.99. The number of unbranched alkanes of at least 4 members (excludes halogenated alkanes) is 4. The molecule has 2 amide bonds. The van der Waals surface area contributed by atoms with Gasteiger partial charge in [-0.05, 0) is 75.6 Å². The van der Waals surface area contributed by atoms with Crippen molar-refractivity contribution in [1.82, 2.24) is 0 Å². The van der Waals surface area contributed by atoms with Crippen molar-refractivity contribution in [3.63, 3.8) is 0 Å². The molecule has 2 aromatic carbocycles. The number of carbonyl (C=O) groups excluding carboxylic acids is 2. The molecule has 0 heterocycles. The van der Waals surface area contributed by atoms with E-state index >= 15 is 0 Å². The van der Waals surface area contributed by atoms with Crippen molar-refractivity contribution in [2.75, 3.05) is 37.1 Å². The lowest BCUT2D eigenvalue weighted by Gasteiger charge is -2.03. The third-order valence-corrected chi connectivity index (χ3v) is 4.25. The van der Waals surface area contributed by atoms with Crippen LogP contribution in [0.3, 0.4) is 0 Å². The molecule has 0 aliphatic heterocycles. The van der Waals surface area contributed by atoms with E-state index in [1.807, 2.05) is 36.4 Å². The van der Waals surface area contributed by atoms with Crippen molar-refractivity contribution in [2.24, 2.45) is 0 Å². The predicted octanol–water partition coefficient (Wildman–Crippen LogP) is 5.83. The molecule has 2 rings (SSSR count). The second kappa shape index (κ2) is 26.1. The summed E-state index contributed by atoms with van der Waals surface area (Å²) in [7, 11) is 0. The number of amides is 2. The van der Waals surface area contributed by atoms with Crippen LogP contribution in [-0.2, 0) is 9.47 Å². The van der Waals surface area contributed by atoms with Crippen LogP contribution in [0.25, 0.3) is 0 Å². The van der Waals surface area contributed by atoms with Gasteiger partial charge in [0.25, 0.3) is 0 Å². The van der Waals surface area contributed by atoms with Crippen molar-refractivity contribution in [1.29, 1.82) is 0 Å². The number of anilines is 2. The summed E-state index contributed by atoms with van der Waals surface area (Å²) < 4.78 is 9.39. The number of ether oxygens (including phenoxy) is 2. The van der Waals surface area contributed by atoms with E-state index in [-0.39, 0.29) is 13.2 Å². The molecule has 2 aromatic rings. The Morgan fingerprint density at radius 1 is 0.658 bits per heavy atom. The van der Waals surface area contributed by atoms with E-state index in [4.69, 9.17) is 19.7 Å². The van der Waals surface area contributed by atoms with Crippen LogP contribution >= 0.6 is 0 Å². The van der Waals surface area contributed by atoms with E-state index in [1.54, 1.807) is 38.1 Å². The molecule has 0 fully saturated rings. The molecule has 0 aliphatic rings. The zero-order valence-corrected chi connectivity index (χ0v) is 22.4. The molecule has 0 aliphatic carbocycles. The van der Waals surface area contributed by atoms with Crippen LogP contribution in [0, 0.1) is 23.7 Å². The molecule has 0 unspecified atom stereocenters. The highest BCUT2D eigenvalue weighted by Crippen LogP contribution is 2.05. The van der Waals surface area contributed by atoms with Crippen molar-refractivity contribution >= 4 is 23.6 Å². The van der Waals surface area contributed by atoms with E-state index in [9.17, 15) is 9.59 Å². The van der Waals surface area contributed by atoms with Crippen LogP contribution in [0.4, 0.5) is 21.0 Å². The monoisotopic (exact) mass is 524 g/mol. The number of hydrogen-bond acceptors (Lipinski definition) is 6. The Kier molecular flexibility index (Phi) is 23.4. The number of benzene rings is 2. The molecule has 0 saturated carbocycles. The maximum Gasteiger partial charge on any atom is 0.411 e. The van der Waals surface area contributed by atoms with Gasteiger partial charge in [0.15, 0.2) is 0 Å². The van der Waals surface area contributed by atoms with E-state index < -0.39 is 12.2 Å². The number of aliphatic hydroxyl groups excluding tert-OH is 2. The SMILES string of the molecule is CCOC(=O)Nc1ccccc1.CCOC(=O)Nc1ccccc1.OCCCCC#CC#CCCCCO. The smallest absolute Gasteiger partial charge is 0.411 e. The standard InChI is InChI=1S/C12H18O2.2C9H11NO2/c13-11-9-7-5-3-1-2-4-6-8-10-12-14;2*1-2-12-9(11)10-8-6-4-3-5-7-8/h13-14H,5-12H2;2*3-7H,2H2,1H3,(H,10,11). The Bertz CT molecular complexity index is 894. The molecule has 0 aromatic heterocycles. The topological polar surface area (TPSA) is 117 Å². The summed E-state index contributed by atoms with van der Waals surface area (Å²) in [5, 5.41) is 22.1. The van der Waals surface area contributed by atoms with Crippen molar-refractivity contribution in [2.45, 2.75) is 52.4 Å². The Morgan fingerprint density at radius 2 is 1.03 bits per heavy atom. The molecule has 206 valence electrons. The third-order valence-electron chi connectivity index (χ3n) is 4.25. The molecule has 0 spiro atoms. The molecule has 0 bridgehead atoms. The quantitative estimate of drug-likeness (QED) is 0.230. The maximum atomic E-state index is 10.9. The van der Waals surface area contributed by atoms with Gasteiger partial charge in [0.05, 0.1) is 13.2 Å². The fourth-order valence-corrected chi connectivity index (χ4v) is 2.48. The summed E-state index contributed by atoms with van der Waals surface area (Å²) >= 11 is 0. The minimum Gasteiger partial charge on any atom is -0.450 e. The van der Waals surface area contributed by atoms with Crippen molar-refractivity contribution < 1.29 is 29.3 Å². The van der Waals surface area contributed by atoms with E-state index in [2.05, 4.69) is 34.3 Å². The van der Waals surface area contributed by atoms with Crippen molar-refractivity contribution in [3.8, 4) is 23.7 Å². The molecular formula is C30H40N2O6. The lowest BCUT2D eigenvalue weighted by Crippen LogP contribution is -2.12. The number of carbonyl (C=O) groups is 2. The first-order valence-corrected chi connectivity index (χ1v) is 12.7. The highest BCUT2D eigenvalue weighted by atomic mass is 16.6. The van der Waals surface area contributed by atoms with Gasteiger partial charge in [0.2, 0.25) is 0 Å². The summed E-state index contributed by atoms with van der Waals surface area (Å²) in [5.41, 5.74) is 1.49. The van der Waals surface area contributed by atoms with E-state index in [0.29, 0.717) is 13.2 Å².